The van der Waals surface area contributed by atoms with E-state index in [2.05, 4.69) is 16.0 Å². The normalized spacial score (nSPS) is 35.5. The second-order valence-corrected chi connectivity index (χ2v) is 10.2. The summed E-state index contributed by atoms with van der Waals surface area (Å²) in [5.74, 6) is -0.259. The van der Waals surface area contributed by atoms with Gasteiger partial charge in [0.05, 0.1) is 5.41 Å². The maximum absolute atomic E-state index is 13.2. The third kappa shape index (κ3) is 4.18. The maximum atomic E-state index is 13.2. The Hall–Kier alpha value is -2.12. The van der Waals surface area contributed by atoms with E-state index in [9.17, 15) is 19.2 Å². The number of amides is 4. The molecule has 8 nitrogen and oxygen atoms in total. The molecule has 166 valence electrons. The molecule has 2 unspecified atom stereocenters. The highest BCUT2D eigenvalue weighted by molar-refractivity contribution is 5.97. The fraction of sp³-hybridized carbons (Fsp3) is 0.818. The van der Waals surface area contributed by atoms with Gasteiger partial charge in [-0.3, -0.25) is 19.7 Å². The van der Waals surface area contributed by atoms with Crippen molar-refractivity contribution in [2.75, 3.05) is 0 Å². The maximum Gasteiger partial charge on any atom is 0.321 e. The van der Waals surface area contributed by atoms with Crippen molar-refractivity contribution in [3.05, 3.63) is 0 Å². The highest BCUT2D eigenvalue weighted by Crippen LogP contribution is 2.62. The lowest BCUT2D eigenvalue weighted by Gasteiger charge is -2.60. The molecule has 5 aliphatic rings. The van der Waals surface area contributed by atoms with Gasteiger partial charge in [-0.15, -0.1) is 0 Å². The lowest BCUT2D eigenvalue weighted by molar-refractivity contribution is -0.182. The van der Waals surface area contributed by atoms with Crippen molar-refractivity contribution in [2.24, 2.45) is 17.3 Å². The Kier molecular flexibility index (Phi) is 5.53. The Balaban J connectivity index is 1.36. The van der Waals surface area contributed by atoms with Gasteiger partial charge in [-0.1, -0.05) is 12.8 Å². The molecule has 0 aliphatic heterocycles. The number of ether oxygens (including phenoxy) is 1. The Morgan fingerprint density at radius 3 is 2.23 bits per heavy atom. The largest absolute Gasteiger partial charge is 0.452 e. The van der Waals surface area contributed by atoms with Crippen LogP contribution in [0.2, 0.25) is 0 Å². The highest BCUT2D eigenvalue weighted by atomic mass is 16.5. The summed E-state index contributed by atoms with van der Waals surface area (Å²) in [6.45, 7) is 3.02. The minimum Gasteiger partial charge on any atom is -0.452 e. The van der Waals surface area contributed by atoms with E-state index in [1.807, 2.05) is 0 Å². The molecule has 0 saturated heterocycles. The second-order valence-electron chi connectivity index (χ2n) is 10.2. The van der Waals surface area contributed by atoms with Gasteiger partial charge in [-0.25, -0.2) is 4.79 Å². The van der Waals surface area contributed by atoms with Crippen LogP contribution in [-0.4, -0.2) is 41.5 Å². The zero-order valence-corrected chi connectivity index (χ0v) is 17.9. The molecule has 5 fully saturated rings. The number of carbonyl (C=O) groups excluding carboxylic acids is 4. The van der Waals surface area contributed by atoms with E-state index >= 15 is 0 Å². The van der Waals surface area contributed by atoms with Crippen LogP contribution >= 0.6 is 0 Å². The monoisotopic (exact) mass is 419 g/mol. The predicted octanol–water partition coefficient (Wildman–Crippen LogP) is 2.16. The van der Waals surface area contributed by atoms with Gasteiger partial charge >= 0.3 is 12.0 Å². The topological polar surface area (TPSA) is 114 Å². The fourth-order valence-corrected chi connectivity index (χ4v) is 6.87. The fourth-order valence-electron chi connectivity index (χ4n) is 6.87. The van der Waals surface area contributed by atoms with E-state index in [0.717, 1.165) is 57.8 Å². The van der Waals surface area contributed by atoms with Crippen LogP contribution in [0.4, 0.5) is 4.79 Å². The Labute approximate surface area is 177 Å². The molecule has 0 heterocycles. The van der Waals surface area contributed by atoms with Crippen molar-refractivity contribution in [2.45, 2.75) is 95.7 Å². The third-order valence-electron chi connectivity index (χ3n) is 7.52. The summed E-state index contributed by atoms with van der Waals surface area (Å²) in [7, 11) is 0. The quantitative estimate of drug-likeness (QED) is 0.591. The van der Waals surface area contributed by atoms with E-state index in [1.165, 1.54) is 13.8 Å². The Morgan fingerprint density at radius 2 is 1.63 bits per heavy atom. The third-order valence-corrected chi connectivity index (χ3v) is 7.52. The number of nitrogens with one attached hydrogen (secondary N) is 3. The smallest absolute Gasteiger partial charge is 0.321 e. The number of hydrogen-bond donors (Lipinski definition) is 3. The average Bonchev–Trinajstić information content (AvgIpc) is 3.12. The van der Waals surface area contributed by atoms with Crippen LogP contribution in [0.1, 0.15) is 78.1 Å². The first-order chi connectivity index (χ1) is 14.2. The minimum atomic E-state index is -1.04. The van der Waals surface area contributed by atoms with Crippen molar-refractivity contribution in [3.8, 4) is 0 Å². The zero-order valence-electron chi connectivity index (χ0n) is 17.9. The molecular weight excluding hydrogens is 386 g/mol. The van der Waals surface area contributed by atoms with Gasteiger partial charge in [0.2, 0.25) is 5.91 Å². The van der Waals surface area contributed by atoms with E-state index in [0.29, 0.717) is 18.3 Å². The number of carbonyl (C=O) groups is 4. The molecule has 5 saturated carbocycles. The number of rotatable bonds is 5. The van der Waals surface area contributed by atoms with Crippen LogP contribution in [0.25, 0.3) is 0 Å². The SMILES string of the molecule is CC(=O)NC12C[C@H]3C[C@@H](C1)CC(C(=O)O[C@H](C)C(=O)NC(=O)NC1CCCC1)(C3)C2. The van der Waals surface area contributed by atoms with E-state index in [-0.39, 0.29) is 23.5 Å². The van der Waals surface area contributed by atoms with Gasteiger partial charge in [0.1, 0.15) is 0 Å². The highest BCUT2D eigenvalue weighted by Gasteiger charge is 2.61. The summed E-state index contributed by atoms with van der Waals surface area (Å²) in [6.07, 6.45) is 7.95. The van der Waals surface area contributed by atoms with Crippen LogP contribution < -0.4 is 16.0 Å². The van der Waals surface area contributed by atoms with Crippen LogP contribution in [0.3, 0.4) is 0 Å². The lowest BCUT2D eigenvalue weighted by Crippen LogP contribution is -2.65. The molecule has 5 rings (SSSR count). The Morgan fingerprint density at radius 1 is 1.00 bits per heavy atom. The van der Waals surface area contributed by atoms with Crippen LogP contribution in [0.5, 0.6) is 0 Å². The van der Waals surface area contributed by atoms with E-state index in [4.69, 9.17) is 4.74 Å². The van der Waals surface area contributed by atoms with Gasteiger partial charge in [-0.05, 0) is 70.1 Å². The first-order valence-electron chi connectivity index (χ1n) is 11.3. The van der Waals surface area contributed by atoms with Crippen molar-refractivity contribution >= 4 is 23.8 Å². The molecule has 0 spiro atoms. The first-order valence-corrected chi connectivity index (χ1v) is 11.3. The van der Waals surface area contributed by atoms with Crippen LogP contribution in [-0.2, 0) is 19.1 Å². The molecule has 5 aliphatic carbocycles. The summed E-state index contributed by atoms with van der Waals surface area (Å²) >= 11 is 0. The van der Waals surface area contributed by atoms with Crippen LogP contribution in [0, 0.1) is 17.3 Å². The molecule has 0 radical (unpaired) electrons. The number of esters is 1. The first kappa shape index (κ1) is 21.1. The molecule has 4 amide bonds. The minimum absolute atomic E-state index is 0.0681. The summed E-state index contributed by atoms with van der Waals surface area (Å²) in [6, 6.07) is -0.429. The zero-order chi connectivity index (χ0) is 21.5. The van der Waals surface area contributed by atoms with Crippen molar-refractivity contribution in [1.29, 1.82) is 0 Å². The molecule has 4 bridgehead atoms. The summed E-state index contributed by atoms with van der Waals surface area (Å²) in [4.78, 5) is 49.4. The average molecular weight is 420 g/mol. The second kappa shape index (κ2) is 7.85. The molecule has 3 N–H and O–H groups in total. The van der Waals surface area contributed by atoms with Gasteiger partial charge in [0, 0.05) is 18.5 Å². The molecule has 8 heteroatoms. The number of imide groups is 1. The van der Waals surface area contributed by atoms with Crippen LogP contribution in [0.15, 0.2) is 0 Å². The van der Waals surface area contributed by atoms with Gasteiger partial charge in [-0.2, -0.15) is 0 Å². The predicted molar refractivity (Wildman–Crippen MR) is 108 cm³/mol. The van der Waals surface area contributed by atoms with Crippen molar-refractivity contribution in [1.82, 2.24) is 16.0 Å². The van der Waals surface area contributed by atoms with E-state index < -0.39 is 23.5 Å². The van der Waals surface area contributed by atoms with Gasteiger partial charge < -0.3 is 15.4 Å². The van der Waals surface area contributed by atoms with Gasteiger partial charge in [0.25, 0.3) is 5.91 Å². The summed E-state index contributed by atoms with van der Waals surface area (Å²) in [5.41, 5.74) is -0.977. The summed E-state index contributed by atoms with van der Waals surface area (Å²) in [5, 5.41) is 8.22. The summed E-state index contributed by atoms with van der Waals surface area (Å²) < 4.78 is 5.57. The molecular formula is C22H33N3O5. The number of urea groups is 1. The van der Waals surface area contributed by atoms with E-state index in [1.54, 1.807) is 0 Å². The molecule has 0 aromatic carbocycles. The van der Waals surface area contributed by atoms with Crippen molar-refractivity contribution in [3.63, 3.8) is 0 Å². The van der Waals surface area contributed by atoms with Crippen molar-refractivity contribution < 1.29 is 23.9 Å². The standard InChI is InChI=1S/C22H33N3O5/c1-13(18(27)24-20(29)23-17-5-3-4-6-17)30-19(28)21-8-15-7-16(9-21)11-22(10-15,12-21)25-14(2)26/h13,15-17H,3-12H2,1-2H3,(H,25,26)(H2,23,24,27,29)/t13-,15-,16+,21?,22?/m1/s1. The van der Waals surface area contributed by atoms with Gasteiger partial charge in [0.15, 0.2) is 6.10 Å². The molecule has 30 heavy (non-hydrogen) atoms. The molecule has 0 aromatic rings. The Bertz CT molecular complexity index is 731. The number of hydrogen-bond acceptors (Lipinski definition) is 5. The molecule has 0 aromatic heterocycles. The molecule has 5 atom stereocenters. The lowest BCUT2D eigenvalue weighted by atomic mass is 9.47.